The zero-order valence-electron chi connectivity index (χ0n) is 7.51. The van der Waals surface area contributed by atoms with Crippen LogP contribution in [-0.2, 0) is 6.42 Å². The molecule has 2 N–H and O–H groups in total. The van der Waals surface area contributed by atoms with Crippen molar-refractivity contribution in [3.63, 3.8) is 0 Å². The number of aryl methyl sites for hydroxylation is 1. The van der Waals surface area contributed by atoms with Gasteiger partial charge in [0.2, 0.25) is 11.7 Å². The molecule has 0 atom stereocenters. The van der Waals surface area contributed by atoms with E-state index in [-0.39, 0.29) is 0 Å². The summed E-state index contributed by atoms with van der Waals surface area (Å²) in [6.07, 6.45) is 4.32. The second-order valence-electron chi connectivity index (χ2n) is 2.78. The predicted molar refractivity (Wildman–Crippen MR) is 47.2 cm³/mol. The van der Waals surface area contributed by atoms with Gasteiger partial charge in [-0.2, -0.15) is 4.98 Å². The number of hydrogen-bond acceptors (Lipinski definition) is 6. The number of nitrogens with two attached hydrogens (primary N) is 1. The van der Waals surface area contributed by atoms with Gasteiger partial charge in [0, 0.05) is 6.42 Å². The molecule has 2 heterocycles. The quantitative estimate of drug-likeness (QED) is 0.766. The van der Waals surface area contributed by atoms with Gasteiger partial charge in [-0.3, -0.25) is 0 Å². The molecule has 0 radical (unpaired) electrons. The van der Waals surface area contributed by atoms with Gasteiger partial charge in [0.15, 0.2) is 6.39 Å². The van der Waals surface area contributed by atoms with Gasteiger partial charge in [-0.1, -0.05) is 5.16 Å². The van der Waals surface area contributed by atoms with Crippen LogP contribution in [0.2, 0.25) is 0 Å². The summed E-state index contributed by atoms with van der Waals surface area (Å²) in [6, 6.07) is 0. The highest BCUT2D eigenvalue weighted by molar-refractivity contribution is 5.44. The van der Waals surface area contributed by atoms with E-state index in [1.807, 2.05) is 0 Å². The van der Waals surface area contributed by atoms with Crippen molar-refractivity contribution in [2.45, 2.75) is 12.8 Å². The molecule has 2 aromatic rings. The first-order valence-electron chi connectivity index (χ1n) is 4.31. The van der Waals surface area contributed by atoms with Crippen molar-refractivity contribution in [2.24, 2.45) is 5.73 Å². The van der Waals surface area contributed by atoms with Crippen molar-refractivity contribution >= 4 is 0 Å². The molecule has 0 aromatic carbocycles. The molecule has 0 bridgehead atoms. The minimum Gasteiger partial charge on any atom is -0.451 e. The van der Waals surface area contributed by atoms with Crippen LogP contribution in [0.25, 0.3) is 11.5 Å². The molecule has 0 spiro atoms. The Kier molecular flexibility index (Phi) is 2.55. The van der Waals surface area contributed by atoms with Gasteiger partial charge >= 0.3 is 0 Å². The average molecular weight is 194 g/mol. The van der Waals surface area contributed by atoms with Gasteiger partial charge in [0.25, 0.3) is 0 Å². The molecule has 0 saturated carbocycles. The minimum atomic E-state index is 0.450. The summed E-state index contributed by atoms with van der Waals surface area (Å²) < 4.78 is 9.80. The molecule has 6 heteroatoms. The highest BCUT2D eigenvalue weighted by atomic mass is 16.5. The number of hydrogen-bond donors (Lipinski definition) is 1. The van der Waals surface area contributed by atoms with Crippen LogP contribution >= 0.6 is 0 Å². The Bertz CT molecular complexity index is 382. The summed E-state index contributed by atoms with van der Waals surface area (Å²) in [7, 11) is 0. The maximum Gasteiger partial charge on any atom is 0.227 e. The predicted octanol–water partition coefficient (Wildman–Crippen LogP) is 0.616. The van der Waals surface area contributed by atoms with Crippen molar-refractivity contribution in [1.29, 1.82) is 0 Å². The number of oxazole rings is 1. The largest absolute Gasteiger partial charge is 0.451 e. The lowest BCUT2D eigenvalue weighted by Gasteiger charge is -1.87. The fourth-order valence-corrected chi connectivity index (χ4v) is 1.04. The molecule has 0 aliphatic heterocycles. The van der Waals surface area contributed by atoms with Gasteiger partial charge in [0.1, 0.15) is 12.0 Å². The van der Waals surface area contributed by atoms with E-state index in [0.29, 0.717) is 30.4 Å². The normalized spacial score (nSPS) is 10.6. The van der Waals surface area contributed by atoms with E-state index >= 15 is 0 Å². The number of rotatable bonds is 4. The molecule has 2 rings (SSSR count). The van der Waals surface area contributed by atoms with Gasteiger partial charge in [-0.15, -0.1) is 0 Å². The lowest BCUT2D eigenvalue weighted by molar-refractivity contribution is 0.376. The third-order valence-corrected chi connectivity index (χ3v) is 1.72. The second-order valence-corrected chi connectivity index (χ2v) is 2.78. The number of aromatic nitrogens is 3. The van der Waals surface area contributed by atoms with E-state index in [1.165, 1.54) is 12.7 Å². The highest BCUT2D eigenvalue weighted by Gasteiger charge is 2.09. The molecule has 0 aliphatic rings. The Labute approximate surface area is 80.1 Å². The summed E-state index contributed by atoms with van der Waals surface area (Å²) in [5.41, 5.74) is 5.94. The van der Waals surface area contributed by atoms with Crippen LogP contribution in [0.15, 0.2) is 21.6 Å². The topological polar surface area (TPSA) is 91.0 Å². The average Bonchev–Trinajstić information content (AvgIpc) is 2.85. The first-order chi connectivity index (χ1) is 6.90. The van der Waals surface area contributed by atoms with Gasteiger partial charge in [-0.05, 0) is 13.0 Å². The fraction of sp³-hybridized carbons (Fsp3) is 0.375. The van der Waals surface area contributed by atoms with Crippen LogP contribution < -0.4 is 5.73 Å². The van der Waals surface area contributed by atoms with Crippen LogP contribution in [0.4, 0.5) is 0 Å². The van der Waals surface area contributed by atoms with Gasteiger partial charge in [0.05, 0.1) is 0 Å². The lowest BCUT2D eigenvalue weighted by Crippen LogP contribution is -2.00. The van der Waals surface area contributed by atoms with Crippen molar-refractivity contribution in [3.05, 3.63) is 18.5 Å². The first kappa shape index (κ1) is 8.89. The first-order valence-corrected chi connectivity index (χ1v) is 4.31. The Balaban J connectivity index is 2.10. The van der Waals surface area contributed by atoms with Crippen molar-refractivity contribution in [3.8, 4) is 11.5 Å². The Morgan fingerprint density at radius 2 is 2.36 bits per heavy atom. The molecule has 14 heavy (non-hydrogen) atoms. The smallest absolute Gasteiger partial charge is 0.227 e. The Morgan fingerprint density at radius 3 is 3.07 bits per heavy atom. The van der Waals surface area contributed by atoms with E-state index in [4.69, 9.17) is 14.7 Å². The van der Waals surface area contributed by atoms with Crippen molar-refractivity contribution in [2.75, 3.05) is 6.54 Å². The van der Waals surface area contributed by atoms with Gasteiger partial charge < -0.3 is 14.7 Å². The molecule has 0 aliphatic carbocycles. The monoisotopic (exact) mass is 194 g/mol. The lowest BCUT2D eigenvalue weighted by atomic mass is 10.3. The third-order valence-electron chi connectivity index (χ3n) is 1.72. The third kappa shape index (κ3) is 1.80. The molecule has 0 saturated heterocycles. The Hall–Kier alpha value is -1.69. The molecule has 74 valence electrons. The zero-order chi connectivity index (χ0) is 9.80. The Morgan fingerprint density at radius 1 is 1.43 bits per heavy atom. The highest BCUT2D eigenvalue weighted by Crippen LogP contribution is 2.12. The molecule has 0 fully saturated rings. The molecular formula is C8H10N4O2. The summed E-state index contributed by atoms with van der Waals surface area (Å²) in [5, 5.41) is 3.76. The molecule has 2 aromatic heterocycles. The van der Waals surface area contributed by atoms with Crippen LogP contribution in [0.5, 0.6) is 0 Å². The van der Waals surface area contributed by atoms with E-state index in [0.717, 1.165) is 6.42 Å². The van der Waals surface area contributed by atoms with Crippen molar-refractivity contribution < 1.29 is 8.94 Å². The van der Waals surface area contributed by atoms with Crippen LogP contribution in [0.3, 0.4) is 0 Å². The summed E-state index contributed by atoms with van der Waals surface area (Å²) >= 11 is 0. The zero-order valence-corrected chi connectivity index (χ0v) is 7.51. The molecular weight excluding hydrogens is 184 g/mol. The fourth-order valence-electron chi connectivity index (χ4n) is 1.04. The van der Waals surface area contributed by atoms with E-state index in [1.54, 1.807) is 0 Å². The standard InChI is InChI=1S/C8H10N4O2/c9-3-1-2-7-11-8(12-14-7)6-4-13-5-10-6/h4-5H,1-3,9H2. The number of nitrogens with zero attached hydrogens (tertiary/aromatic N) is 3. The summed E-state index contributed by atoms with van der Waals surface area (Å²) in [4.78, 5) is 8.04. The van der Waals surface area contributed by atoms with E-state index in [9.17, 15) is 0 Å². The molecule has 0 unspecified atom stereocenters. The van der Waals surface area contributed by atoms with E-state index < -0.39 is 0 Å². The molecule has 6 nitrogen and oxygen atoms in total. The maximum atomic E-state index is 5.36. The van der Waals surface area contributed by atoms with Crippen molar-refractivity contribution in [1.82, 2.24) is 15.1 Å². The van der Waals surface area contributed by atoms with Crippen LogP contribution in [0, 0.1) is 0 Å². The van der Waals surface area contributed by atoms with Gasteiger partial charge in [-0.25, -0.2) is 4.98 Å². The van der Waals surface area contributed by atoms with Crippen LogP contribution in [-0.4, -0.2) is 21.7 Å². The summed E-state index contributed by atoms with van der Waals surface area (Å²) in [5.74, 6) is 1.03. The van der Waals surface area contributed by atoms with Crippen LogP contribution in [0.1, 0.15) is 12.3 Å². The second kappa shape index (κ2) is 4.01. The van der Waals surface area contributed by atoms with E-state index in [2.05, 4.69) is 15.1 Å². The maximum absolute atomic E-state index is 5.36. The summed E-state index contributed by atoms with van der Waals surface area (Å²) in [6.45, 7) is 0.613. The minimum absolute atomic E-state index is 0.450. The molecule has 0 amide bonds. The SMILES string of the molecule is NCCCc1nc(-c2cocn2)no1.